The molecule has 3 aromatic rings. The number of carbonyl (C=O) groups excluding carboxylic acids is 1. The van der Waals surface area contributed by atoms with Gasteiger partial charge < -0.3 is 4.90 Å². The summed E-state index contributed by atoms with van der Waals surface area (Å²) in [6.07, 6.45) is 4.67. The van der Waals surface area contributed by atoms with Crippen LogP contribution in [-0.2, 0) is 12.8 Å². The first-order valence-corrected chi connectivity index (χ1v) is 10.8. The monoisotopic (exact) mass is 429 g/mol. The summed E-state index contributed by atoms with van der Waals surface area (Å²) in [6.45, 7) is 3.51. The summed E-state index contributed by atoms with van der Waals surface area (Å²) in [5, 5.41) is 0.783. The van der Waals surface area contributed by atoms with Gasteiger partial charge in [0.1, 0.15) is 0 Å². The summed E-state index contributed by atoms with van der Waals surface area (Å²) < 4.78 is 1.13. The molecule has 0 bridgehead atoms. The van der Waals surface area contributed by atoms with Gasteiger partial charge in [-0.3, -0.25) is 9.69 Å². The summed E-state index contributed by atoms with van der Waals surface area (Å²) in [4.78, 5) is 22.2. The smallest absolute Gasteiger partial charge is 0.260 e. The van der Waals surface area contributed by atoms with Crippen LogP contribution in [-0.4, -0.2) is 43.0 Å². The Hall–Kier alpha value is -1.95. The molecule has 0 fully saturated rings. The first kappa shape index (κ1) is 21.8. The van der Waals surface area contributed by atoms with Crippen molar-refractivity contribution < 1.29 is 4.79 Å². The largest absolute Gasteiger partial charge is 0.308 e. The van der Waals surface area contributed by atoms with Crippen molar-refractivity contribution in [2.24, 2.45) is 0 Å². The van der Waals surface area contributed by atoms with Crippen LogP contribution in [0.3, 0.4) is 0 Å². The van der Waals surface area contributed by atoms with Gasteiger partial charge in [0.2, 0.25) is 0 Å². The molecular weight excluding hydrogens is 402 g/mol. The number of hydrogen-bond donors (Lipinski definition) is 0. The fourth-order valence-corrected chi connectivity index (χ4v) is 4.83. The van der Waals surface area contributed by atoms with E-state index in [1.165, 1.54) is 29.5 Å². The Balaban J connectivity index is 0.00000240. The standard InChI is InChI=1S/C23H27N3OS.ClH/c1-16-8-11-20-21(14-16)28-23(24-20)26(13-12-25(2)3)22(27)19-10-9-17-6-4-5-7-18(17)15-19;/h8-11,14-15H,4-7,12-13H2,1-3H3;1H. The van der Waals surface area contributed by atoms with Crippen LogP contribution in [0.5, 0.6) is 0 Å². The van der Waals surface area contributed by atoms with Gasteiger partial charge in [0, 0.05) is 18.7 Å². The minimum Gasteiger partial charge on any atom is -0.308 e. The number of fused-ring (bicyclic) bond motifs is 2. The fourth-order valence-electron chi connectivity index (χ4n) is 3.74. The van der Waals surface area contributed by atoms with Gasteiger partial charge in [-0.25, -0.2) is 4.98 Å². The Labute approximate surface area is 183 Å². The van der Waals surface area contributed by atoms with Crippen LogP contribution in [0, 0.1) is 6.92 Å². The van der Waals surface area contributed by atoms with E-state index < -0.39 is 0 Å². The third kappa shape index (κ3) is 4.80. The van der Waals surface area contributed by atoms with Crippen molar-refractivity contribution in [1.82, 2.24) is 9.88 Å². The summed E-state index contributed by atoms with van der Waals surface area (Å²) in [7, 11) is 4.06. The van der Waals surface area contributed by atoms with E-state index in [0.29, 0.717) is 6.54 Å². The topological polar surface area (TPSA) is 36.4 Å². The van der Waals surface area contributed by atoms with Gasteiger partial charge in [-0.1, -0.05) is 23.5 Å². The SMILES string of the molecule is Cc1ccc2nc(N(CCN(C)C)C(=O)c3ccc4c(c3)CCCC4)sc2c1.Cl. The number of amides is 1. The van der Waals surface area contributed by atoms with Gasteiger partial charge in [-0.15, -0.1) is 12.4 Å². The predicted octanol–water partition coefficient (Wildman–Crippen LogP) is 5.11. The van der Waals surface area contributed by atoms with E-state index in [2.05, 4.69) is 36.1 Å². The molecule has 0 spiro atoms. The molecule has 0 unspecified atom stereocenters. The maximum atomic E-state index is 13.5. The van der Waals surface area contributed by atoms with Gasteiger partial charge in [0.25, 0.3) is 5.91 Å². The van der Waals surface area contributed by atoms with Crippen molar-refractivity contribution in [2.45, 2.75) is 32.6 Å². The normalized spacial score (nSPS) is 13.2. The Morgan fingerprint density at radius 2 is 1.79 bits per heavy atom. The second-order valence-corrected chi connectivity index (χ2v) is 8.93. The molecule has 1 heterocycles. The predicted molar refractivity (Wildman–Crippen MR) is 125 cm³/mol. The van der Waals surface area contributed by atoms with E-state index in [0.717, 1.165) is 40.3 Å². The summed E-state index contributed by atoms with van der Waals surface area (Å²) in [6, 6.07) is 12.5. The van der Waals surface area contributed by atoms with Crippen LogP contribution in [0.2, 0.25) is 0 Å². The van der Waals surface area contributed by atoms with Gasteiger partial charge in [0.05, 0.1) is 10.2 Å². The Morgan fingerprint density at radius 3 is 2.55 bits per heavy atom. The Morgan fingerprint density at radius 1 is 1.03 bits per heavy atom. The average Bonchev–Trinajstić information content (AvgIpc) is 3.10. The highest BCUT2D eigenvalue weighted by atomic mass is 35.5. The maximum absolute atomic E-state index is 13.5. The third-order valence-electron chi connectivity index (χ3n) is 5.37. The minimum atomic E-state index is 0. The molecule has 2 aromatic carbocycles. The number of hydrogen-bond acceptors (Lipinski definition) is 4. The third-order valence-corrected chi connectivity index (χ3v) is 6.42. The number of aromatic nitrogens is 1. The van der Waals surface area contributed by atoms with Crippen LogP contribution >= 0.6 is 23.7 Å². The lowest BCUT2D eigenvalue weighted by Gasteiger charge is -2.23. The number of rotatable bonds is 5. The lowest BCUT2D eigenvalue weighted by molar-refractivity contribution is 0.0985. The van der Waals surface area contributed by atoms with Crippen LogP contribution in [0.25, 0.3) is 10.2 Å². The molecular formula is C23H28ClN3OS. The molecule has 0 N–H and O–H groups in total. The van der Waals surface area contributed by atoms with Crippen LogP contribution in [0.1, 0.15) is 39.9 Å². The van der Waals surface area contributed by atoms with Crippen LogP contribution in [0.15, 0.2) is 36.4 Å². The lowest BCUT2D eigenvalue weighted by atomic mass is 9.90. The van der Waals surface area contributed by atoms with Crippen molar-refractivity contribution in [3.63, 3.8) is 0 Å². The van der Waals surface area contributed by atoms with Crippen molar-refractivity contribution >= 4 is 45.0 Å². The van der Waals surface area contributed by atoms with Crippen molar-refractivity contribution in [3.8, 4) is 0 Å². The molecule has 1 aliphatic rings. The zero-order valence-corrected chi connectivity index (χ0v) is 18.9. The van der Waals surface area contributed by atoms with Crippen molar-refractivity contribution in [1.29, 1.82) is 0 Å². The lowest BCUT2D eigenvalue weighted by Crippen LogP contribution is -2.36. The molecule has 0 radical (unpaired) electrons. The number of anilines is 1. The highest BCUT2D eigenvalue weighted by Crippen LogP contribution is 2.31. The van der Waals surface area contributed by atoms with Gasteiger partial charge in [0.15, 0.2) is 5.13 Å². The van der Waals surface area contributed by atoms with E-state index in [1.54, 1.807) is 11.3 Å². The van der Waals surface area contributed by atoms with Crippen molar-refractivity contribution in [3.05, 3.63) is 58.7 Å². The first-order valence-electron chi connectivity index (χ1n) is 9.97. The molecule has 4 rings (SSSR count). The van der Waals surface area contributed by atoms with E-state index in [9.17, 15) is 4.79 Å². The number of carbonyl (C=O) groups is 1. The zero-order chi connectivity index (χ0) is 19.7. The number of thiazole rings is 1. The number of benzene rings is 2. The number of nitrogens with zero attached hydrogens (tertiary/aromatic N) is 3. The number of halogens is 1. The molecule has 0 atom stereocenters. The molecule has 6 heteroatoms. The van der Waals surface area contributed by atoms with Gasteiger partial charge in [-0.05, 0) is 87.7 Å². The van der Waals surface area contributed by atoms with E-state index >= 15 is 0 Å². The van der Waals surface area contributed by atoms with E-state index in [4.69, 9.17) is 4.98 Å². The quantitative estimate of drug-likeness (QED) is 0.565. The molecule has 4 nitrogen and oxygen atoms in total. The number of aryl methyl sites for hydroxylation is 3. The number of likely N-dealkylation sites (N-methyl/N-ethyl adjacent to an activating group) is 1. The maximum Gasteiger partial charge on any atom is 0.260 e. The molecule has 1 aromatic heterocycles. The van der Waals surface area contributed by atoms with E-state index in [-0.39, 0.29) is 18.3 Å². The van der Waals surface area contributed by atoms with Crippen LogP contribution < -0.4 is 4.90 Å². The van der Waals surface area contributed by atoms with E-state index in [1.807, 2.05) is 31.1 Å². The molecule has 0 saturated heterocycles. The molecule has 1 amide bonds. The first-order chi connectivity index (χ1) is 13.5. The fraction of sp³-hybridized carbons (Fsp3) is 0.391. The Kier molecular flexibility index (Phi) is 6.93. The van der Waals surface area contributed by atoms with Crippen LogP contribution in [0.4, 0.5) is 5.13 Å². The molecule has 29 heavy (non-hydrogen) atoms. The molecule has 1 aliphatic carbocycles. The highest BCUT2D eigenvalue weighted by molar-refractivity contribution is 7.22. The second kappa shape index (κ2) is 9.24. The van der Waals surface area contributed by atoms with Gasteiger partial charge >= 0.3 is 0 Å². The molecule has 0 aliphatic heterocycles. The second-order valence-electron chi connectivity index (χ2n) is 7.92. The summed E-state index contributed by atoms with van der Waals surface area (Å²) in [5.41, 5.74) is 5.68. The Bertz CT molecular complexity index is 1010. The molecule has 0 saturated carbocycles. The minimum absolute atomic E-state index is 0. The molecule has 154 valence electrons. The van der Waals surface area contributed by atoms with Gasteiger partial charge in [-0.2, -0.15) is 0 Å². The highest BCUT2D eigenvalue weighted by Gasteiger charge is 2.22. The average molecular weight is 430 g/mol. The zero-order valence-electron chi connectivity index (χ0n) is 17.3. The summed E-state index contributed by atoms with van der Waals surface area (Å²) in [5.74, 6) is 0.0472. The summed E-state index contributed by atoms with van der Waals surface area (Å²) >= 11 is 1.60. The van der Waals surface area contributed by atoms with Crippen molar-refractivity contribution in [2.75, 3.05) is 32.1 Å².